The molecule has 0 aliphatic heterocycles. The fourth-order valence-electron chi connectivity index (χ4n) is 4.29. The number of carboxylic acid groups (broad SMARTS) is 1. The van der Waals surface area contributed by atoms with Gasteiger partial charge in [-0.25, -0.2) is 4.79 Å². The van der Waals surface area contributed by atoms with Gasteiger partial charge in [0, 0.05) is 19.3 Å². The van der Waals surface area contributed by atoms with Crippen molar-refractivity contribution in [3.05, 3.63) is 101 Å². The molecule has 324 valence electrons. The molecule has 9 heteroatoms. The number of aldehydes is 1. The zero-order valence-electron chi connectivity index (χ0n) is 37.6. The van der Waals surface area contributed by atoms with Crippen LogP contribution >= 0.6 is 0 Å². The predicted molar refractivity (Wildman–Crippen MR) is 238 cm³/mol. The number of carbonyl (C=O) groups excluding carboxylic acids is 4. The highest BCUT2D eigenvalue weighted by Crippen LogP contribution is 2.23. The molecular weight excluding hydrogens is 721 g/mol. The third kappa shape index (κ3) is 42.2. The lowest BCUT2D eigenvalue weighted by Crippen LogP contribution is -2.15. The molecule has 1 N–H and O–H groups in total. The molecule has 0 aromatic heterocycles. The first kappa shape index (κ1) is 61.4. The van der Waals surface area contributed by atoms with Crippen LogP contribution in [0, 0.1) is 13.8 Å². The van der Waals surface area contributed by atoms with Gasteiger partial charge < -0.3 is 28.9 Å². The Morgan fingerprint density at radius 3 is 1.68 bits per heavy atom. The van der Waals surface area contributed by atoms with Crippen LogP contribution in [0.1, 0.15) is 161 Å². The highest BCUT2D eigenvalue weighted by atomic mass is 16.5. The largest absolute Gasteiger partial charge is 0.497 e. The Labute approximate surface area is 347 Å². The summed E-state index contributed by atoms with van der Waals surface area (Å²) in [5.41, 5.74) is 3.86. The van der Waals surface area contributed by atoms with Gasteiger partial charge >= 0.3 is 5.97 Å². The van der Waals surface area contributed by atoms with E-state index in [1.54, 1.807) is 57.4 Å². The smallest absolute Gasteiger partial charge is 0.343 e. The molecule has 1 aliphatic carbocycles. The second-order valence-electron chi connectivity index (χ2n) is 11.8. The van der Waals surface area contributed by atoms with Crippen molar-refractivity contribution < 1.29 is 43.3 Å². The number of allylic oxidation sites excluding steroid dienone is 2. The maximum atomic E-state index is 12.0. The number of hydrogen-bond acceptors (Lipinski definition) is 8. The second kappa shape index (κ2) is 49.2. The van der Waals surface area contributed by atoms with Crippen LogP contribution in [0.25, 0.3) is 0 Å². The summed E-state index contributed by atoms with van der Waals surface area (Å²) in [7, 11) is 1.56. The van der Waals surface area contributed by atoms with E-state index in [0.717, 1.165) is 50.4 Å². The molecule has 1 aliphatic rings. The fraction of sp³-hybridized carbons (Fsp3) is 0.521. The van der Waals surface area contributed by atoms with Crippen LogP contribution in [-0.4, -0.2) is 49.3 Å². The number of unbranched alkanes of at least 4 members (excludes halogenated alkanes) is 8. The summed E-state index contributed by atoms with van der Waals surface area (Å²) in [6.07, 6.45) is 18.8. The molecule has 0 heterocycles. The third-order valence-electron chi connectivity index (χ3n) is 7.20. The van der Waals surface area contributed by atoms with Gasteiger partial charge in [-0.15, -0.1) is 6.58 Å². The molecule has 2 aromatic carbocycles. The van der Waals surface area contributed by atoms with Gasteiger partial charge in [0.25, 0.3) is 12.9 Å². The van der Waals surface area contributed by atoms with Crippen LogP contribution in [0.4, 0.5) is 0 Å². The van der Waals surface area contributed by atoms with E-state index >= 15 is 0 Å². The summed E-state index contributed by atoms with van der Waals surface area (Å²) >= 11 is 0. The number of ether oxygens (including phenoxy) is 3. The molecule has 9 nitrogen and oxygen atoms in total. The van der Waals surface area contributed by atoms with Gasteiger partial charge in [-0.2, -0.15) is 0 Å². The second-order valence-corrected chi connectivity index (χ2v) is 11.8. The molecule has 2 aromatic rings. The van der Waals surface area contributed by atoms with Crippen molar-refractivity contribution >= 4 is 31.0 Å². The quantitative estimate of drug-likeness (QED) is 0.0718. The standard InChI is InChI=1S/C16H16O5.C9H16O.C8H16O.C8H10.3C2H6.CH2O2/c1-11-9-14(20-10-17)7-8-15(11)21-16(18)12-3-5-13(19-2)6-4-12;1-3-4-5-6-7-8-9(2)10;1-2-3-4-5-6-7-8-9;1-7-3-5-8(2)6-4-7;3*1-2;2-1-3/h3-6,8-10,14H,7H2,1-2H3;3H,1,4-8H2,2H3;8H,2-7H2,1H3;3-6H,1-2H3;3*1-2H3;1H,(H,2,3). The summed E-state index contributed by atoms with van der Waals surface area (Å²) in [6, 6.07) is 15.2. The van der Waals surface area contributed by atoms with Gasteiger partial charge in [0.05, 0.1) is 12.7 Å². The maximum absolute atomic E-state index is 12.0. The van der Waals surface area contributed by atoms with Gasteiger partial charge in [0.1, 0.15) is 29.7 Å². The number of hydrogen-bond donors (Lipinski definition) is 1. The molecule has 57 heavy (non-hydrogen) atoms. The lowest BCUT2D eigenvalue weighted by Gasteiger charge is -2.18. The molecule has 1 atom stereocenters. The lowest BCUT2D eigenvalue weighted by molar-refractivity contribution is -0.131. The minimum atomic E-state index is -0.439. The average molecular weight is 799 g/mol. The van der Waals surface area contributed by atoms with Crippen LogP contribution in [0.2, 0.25) is 0 Å². The van der Waals surface area contributed by atoms with Crippen LogP contribution < -0.4 is 4.74 Å². The van der Waals surface area contributed by atoms with Crippen molar-refractivity contribution in [1.29, 1.82) is 0 Å². The summed E-state index contributed by atoms with van der Waals surface area (Å²) in [5.74, 6) is 1.03. The van der Waals surface area contributed by atoms with E-state index in [-0.39, 0.29) is 12.6 Å². The van der Waals surface area contributed by atoms with Crippen molar-refractivity contribution in [1.82, 2.24) is 0 Å². The Morgan fingerprint density at radius 2 is 1.26 bits per heavy atom. The highest BCUT2D eigenvalue weighted by molar-refractivity contribution is 5.90. The van der Waals surface area contributed by atoms with E-state index in [9.17, 15) is 19.2 Å². The zero-order chi connectivity index (χ0) is 44.7. The first-order chi connectivity index (χ1) is 27.5. The number of ketones is 1. The summed E-state index contributed by atoms with van der Waals surface area (Å²) in [6.45, 7) is 25.6. The van der Waals surface area contributed by atoms with E-state index in [4.69, 9.17) is 24.1 Å². The van der Waals surface area contributed by atoms with Gasteiger partial charge in [-0.05, 0) is 95.4 Å². The van der Waals surface area contributed by atoms with E-state index in [1.165, 1.54) is 43.2 Å². The molecule has 0 fully saturated rings. The molecular formula is C48H78O9. The van der Waals surface area contributed by atoms with E-state index in [2.05, 4.69) is 51.6 Å². The Hall–Kier alpha value is -4.79. The number of methoxy groups -OCH3 is 1. The molecule has 0 bridgehead atoms. The highest BCUT2D eigenvalue weighted by Gasteiger charge is 2.18. The summed E-state index contributed by atoms with van der Waals surface area (Å²) < 4.78 is 15.3. The van der Waals surface area contributed by atoms with Crippen molar-refractivity contribution in [3.8, 4) is 5.75 Å². The molecule has 0 saturated carbocycles. The summed E-state index contributed by atoms with van der Waals surface area (Å²) in [4.78, 5) is 51.0. The van der Waals surface area contributed by atoms with Crippen molar-refractivity contribution in [2.75, 3.05) is 7.11 Å². The molecule has 1 unspecified atom stereocenters. The topological polar surface area (TPSA) is 133 Å². The first-order valence-corrected chi connectivity index (χ1v) is 20.5. The van der Waals surface area contributed by atoms with Gasteiger partial charge in [-0.1, -0.05) is 122 Å². The molecule has 3 rings (SSSR count). The fourth-order valence-corrected chi connectivity index (χ4v) is 4.29. The maximum Gasteiger partial charge on any atom is 0.343 e. The van der Waals surface area contributed by atoms with Crippen molar-refractivity contribution in [2.45, 2.75) is 159 Å². The zero-order valence-corrected chi connectivity index (χ0v) is 37.6. The first-order valence-electron chi connectivity index (χ1n) is 20.5. The van der Waals surface area contributed by atoms with E-state index < -0.39 is 5.97 Å². The van der Waals surface area contributed by atoms with Gasteiger partial charge in [-0.3, -0.25) is 9.59 Å². The monoisotopic (exact) mass is 799 g/mol. The predicted octanol–water partition coefficient (Wildman–Crippen LogP) is 13.0. The van der Waals surface area contributed by atoms with Gasteiger partial charge in [0.2, 0.25) is 0 Å². The Kier molecular flexibility index (Phi) is 53.1. The summed E-state index contributed by atoms with van der Waals surface area (Å²) in [5, 5.41) is 6.89. The normalized spacial score (nSPS) is 11.3. The van der Waals surface area contributed by atoms with Crippen LogP contribution in [0.5, 0.6) is 5.75 Å². The van der Waals surface area contributed by atoms with Gasteiger partial charge in [0.15, 0.2) is 0 Å². The third-order valence-corrected chi connectivity index (χ3v) is 7.20. The molecule has 0 amide bonds. The Balaban J connectivity index is -0.000000212. The van der Waals surface area contributed by atoms with E-state index in [1.807, 2.05) is 47.6 Å². The van der Waals surface area contributed by atoms with Crippen LogP contribution in [-0.2, 0) is 28.7 Å². The SMILES string of the molecule is C=CCCCCCC(C)=O.CC.CC.CC.CCCCCCCC=O.COc1ccc(C(=O)OC2=CCC(OC=O)C=C2C)cc1.Cc1ccc(C)cc1.O=CO. The average Bonchev–Trinajstić information content (AvgIpc) is 3.23. The number of aryl methyl sites for hydroxylation is 2. The van der Waals surface area contributed by atoms with Crippen LogP contribution in [0.15, 0.2) is 84.7 Å². The number of Topliss-reactive ketones (excluding diaryl/α,β-unsaturated/α-hetero) is 1. The van der Waals surface area contributed by atoms with Crippen molar-refractivity contribution in [2.24, 2.45) is 0 Å². The van der Waals surface area contributed by atoms with Crippen molar-refractivity contribution in [3.63, 3.8) is 0 Å². The number of esters is 1. The molecule has 0 saturated heterocycles. The molecule has 0 radical (unpaired) electrons. The minimum absolute atomic E-state index is 0.250. The Bertz CT molecular complexity index is 1270. The van der Waals surface area contributed by atoms with E-state index in [0.29, 0.717) is 35.7 Å². The lowest BCUT2D eigenvalue weighted by atomic mass is 10.0. The number of benzene rings is 2. The number of carbonyl (C=O) groups is 5. The number of rotatable bonds is 17. The van der Waals surface area contributed by atoms with Crippen LogP contribution in [0.3, 0.4) is 0 Å². The minimum Gasteiger partial charge on any atom is -0.497 e. The molecule has 0 spiro atoms. The Morgan fingerprint density at radius 1 is 0.772 bits per heavy atom.